The summed E-state index contributed by atoms with van der Waals surface area (Å²) in [5.74, 6) is 0.170. The number of aromatic nitrogens is 3. The van der Waals surface area contributed by atoms with Crippen LogP contribution in [0, 0.1) is 5.82 Å². The average Bonchev–Trinajstić information content (AvgIpc) is 3.30. The molecule has 0 spiro atoms. The van der Waals surface area contributed by atoms with Gasteiger partial charge in [0.2, 0.25) is 5.95 Å². The third-order valence-corrected chi connectivity index (χ3v) is 6.25. The number of pyridine rings is 1. The summed E-state index contributed by atoms with van der Waals surface area (Å²) in [4.78, 5) is 15.1. The van der Waals surface area contributed by atoms with Gasteiger partial charge in [0.05, 0.1) is 20.8 Å². The molecule has 27 heavy (non-hydrogen) atoms. The molecule has 5 aromatic rings. The van der Waals surface area contributed by atoms with Gasteiger partial charge in [0.1, 0.15) is 16.5 Å². The van der Waals surface area contributed by atoms with Crippen LogP contribution < -0.4 is 11.5 Å². The minimum absolute atomic E-state index is 0.118. The van der Waals surface area contributed by atoms with E-state index in [-0.39, 0.29) is 11.8 Å². The Kier molecular flexibility index (Phi) is 3.56. The zero-order valence-electron chi connectivity index (χ0n) is 13.8. The van der Waals surface area contributed by atoms with Crippen molar-refractivity contribution >= 4 is 54.9 Å². The van der Waals surface area contributed by atoms with Gasteiger partial charge in [-0.25, -0.2) is 14.4 Å². The summed E-state index contributed by atoms with van der Waals surface area (Å²) >= 11 is 3.05. The minimum atomic E-state index is -0.284. The summed E-state index contributed by atoms with van der Waals surface area (Å²) in [6, 6.07) is 12.4. The molecule has 8 heteroatoms. The van der Waals surface area contributed by atoms with Crippen molar-refractivity contribution in [2.24, 2.45) is 0 Å². The van der Waals surface area contributed by atoms with E-state index in [1.807, 2.05) is 23.6 Å². The van der Waals surface area contributed by atoms with Gasteiger partial charge in [-0.2, -0.15) is 4.98 Å². The third-order valence-electron chi connectivity index (χ3n) is 4.26. The number of nitrogen functional groups attached to an aromatic ring is 2. The van der Waals surface area contributed by atoms with Crippen molar-refractivity contribution < 1.29 is 4.39 Å². The van der Waals surface area contributed by atoms with Crippen LogP contribution >= 0.6 is 22.7 Å². The number of thiophene rings is 2. The number of nitrogens with zero attached hydrogens (tertiary/aromatic N) is 3. The number of nitrogens with two attached hydrogens (primary N) is 2. The molecule has 0 saturated carbocycles. The van der Waals surface area contributed by atoms with E-state index in [9.17, 15) is 4.39 Å². The monoisotopic (exact) mass is 393 g/mol. The smallest absolute Gasteiger partial charge is 0.222 e. The summed E-state index contributed by atoms with van der Waals surface area (Å²) in [6.07, 6.45) is 0. The van der Waals surface area contributed by atoms with Crippen LogP contribution in [0.5, 0.6) is 0 Å². The normalized spacial score (nSPS) is 11.4. The Hall–Kier alpha value is -3.10. The lowest BCUT2D eigenvalue weighted by Gasteiger charge is -2.07. The minimum Gasteiger partial charge on any atom is -0.382 e. The molecule has 132 valence electrons. The Balaban J connectivity index is 1.92. The van der Waals surface area contributed by atoms with E-state index in [4.69, 9.17) is 16.5 Å². The number of hydrogen-bond donors (Lipinski definition) is 2. The van der Waals surface area contributed by atoms with Crippen LogP contribution in [0.25, 0.3) is 42.1 Å². The van der Waals surface area contributed by atoms with Crippen molar-refractivity contribution in [2.75, 3.05) is 11.5 Å². The molecular weight excluding hydrogens is 381 g/mol. The first-order valence-electron chi connectivity index (χ1n) is 8.06. The van der Waals surface area contributed by atoms with E-state index in [0.717, 1.165) is 36.6 Å². The Bertz CT molecular complexity index is 1290. The van der Waals surface area contributed by atoms with Crippen LogP contribution in [-0.2, 0) is 0 Å². The summed E-state index contributed by atoms with van der Waals surface area (Å²) < 4.78 is 14.2. The van der Waals surface area contributed by atoms with E-state index in [0.29, 0.717) is 11.3 Å². The first-order valence-corrected chi connectivity index (χ1v) is 9.76. The van der Waals surface area contributed by atoms with Crippen LogP contribution in [0.4, 0.5) is 16.2 Å². The van der Waals surface area contributed by atoms with Gasteiger partial charge in [-0.05, 0) is 40.8 Å². The number of benzene rings is 1. The quantitative estimate of drug-likeness (QED) is 0.443. The summed E-state index contributed by atoms with van der Waals surface area (Å²) in [5, 5.41) is 2.86. The highest BCUT2D eigenvalue weighted by atomic mass is 32.1. The largest absolute Gasteiger partial charge is 0.382 e. The van der Waals surface area contributed by atoms with Crippen LogP contribution in [0.15, 0.2) is 47.8 Å². The maximum absolute atomic E-state index is 13.5. The Morgan fingerprint density at radius 2 is 1.78 bits per heavy atom. The number of halogens is 1. The predicted octanol–water partition coefficient (Wildman–Crippen LogP) is 4.94. The fourth-order valence-corrected chi connectivity index (χ4v) is 4.81. The average molecular weight is 393 g/mol. The fraction of sp³-hybridized carbons (Fsp3) is 0. The Labute approximate surface area is 161 Å². The Morgan fingerprint density at radius 1 is 0.963 bits per heavy atom. The second-order valence-electron chi connectivity index (χ2n) is 5.97. The first kappa shape index (κ1) is 16.1. The van der Waals surface area contributed by atoms with Gasteiger partial charge >= 0.3 is 0 Å². The molecule has 0 radical (unpaired) electrons. The van der Waals surface area contributed by atoms with Gasteiger partial charge in [0, 0.05) is 5.39 Å². The van der Waals surface area contributed by atoms with Crippen molar-refractivity contribution in [1.29, 1.82) is 0 Å². The molecular formula is C19H12FN5S2. The molecule has 0 saturated heterocycles. The molecule has 0 unspecified atom stereocenters. The van der Waals surface area contributed by atoms with Crippen molar-refractivity contribution in [3.8, 4) is 21.7 Å². The molecule has 0 bridgehead atoms. The molecule has 0 atom stereocenters. The lowest BCUT2D eigenvalue weighted by molar-refractivity contribution is 0.628. The zero-order chi connectivity index (χ0) is 18.5. The second kappa shape index (κ2) is 5.97. The molecule has 0 aliphatic heterocycles. The SMILES string of the molecule is Nc1nc(N)c2sc3nc(-c4cccs4)cc(-c4ccc(F)cc4)c3c2n1. The highest BCUT2D eigenvalue weighted by Crippen LogP contribution is 2.42. The highest BCUT2D eigenvalue weighted by molar-refractivity contribution is 7.26. The lowest BCUT2D eigenvalue weighted by Crippen LogP contribution is -1.99. The molecule has 4 aromatic heterocycles. The van der Waals surface area contributed by atoms with Gasteiger partial charge in [0.15, 0.2) is 0 Å². The molecule has 0 amide bonds. The van der Waals surface area contributed by atoms with Crippen molar-refractivity contribution in [3.05, 3.63) is 53.7 Å². The third kappa shape index (κ3) is 2.61. The predicted molar refractivity (Wildman–Crippen MR) is 110 cm³/mol. The summed E-state index contributed by atoms with van der Waals surface area (Å²) in [7, 11) is 0. The van der Waals surface area contributed by atoms with Gasteiger partial charge in [-0.1, -0.05) is 18.2 Å². The van der Waals surface area contributed by atoms with E-state index in [1.54, 1.807) is 23.5 Å². The molecule has 0 aliphatic rings. The number of anilines is 2. The van der Waals surface area contributed by atoms with Gasteiger partial charge in [-0.15, -0.1) is 22.7 Å². The number of rotatable bonds is 2. The molecule has 5 nitrogen and oxygen atoms in total. The Morgan fingerprint density at radius 3 is 2.52 bits per heavy atom. The molecule has 0 aliphatic carbocycles. The number of fused-ring (bicyclic) bond motifs is 3. The van der Waals surface area contributed by atoms with Gasteiger partial charge < -0.3 is 11.5 Å². The van der Waals surface area contributed by atoms with Gasteiger partial charge in [0.25, 0.3) is 0 Å². The van der Waals surface area contributed by atoms with Crippen molar-refractivity contribution in [1.82, 2.24) is 15.0 Å². The van der Waals surface area contributed by atoms with Crippen LogP contribution in [0.1, 0.15) is 0 Å². The van der Waals surface area contributed by atoms with Crippen LogP contribution in [0.3, 0.4) is 0 Å². The summed E-state index contributed by atoms with van der Waals surface area (Å²) in [6.45, 7) is 0. The molecule has 4 N–H and O–H groups in total. The van der Waals surface area contributed by atoms with E-state index >= 15 is 0 Å². The zero-order valence-corrected chi connectivity index (χ0v) is 15.4. The van der Waals surface area contributed by atoms with E-state index in [1.165, 1.54) is 23.5 Å². The van der Waals surface area contributed by atoms with Crippen LogP contribution in [-0.4, -0.2) is 15.0 Å². The standard InChI is InChI=1S/C19H12FN5S2/c20-10-5-3-9(4-6-10)11-8-12(13-2-1-7-26-13)23-18-14(11)15-16(27-18)17(21)25-19(22)24-15/h1-8H,(H4,21,22,24,25). The van der Waals surface area contributed by atoms with E-state index in [2.05, 4.69) is 9.97 Å². The maximum atomic E-state index is 13.5. The highest BCUT2D eigenvalue weighted by Gasteiger charge is 2.19. The topological polar surface area (TPSA) is 90.7 Å². The molecule has 5 rings (SSSR count). The fourth-order valence-electron chi connectivity index (χ4n) is 3.08. The molecule has 4 heterocycles. The first-order chi connectivity index (χ1) is 13.1. The van der Waals surface area contributed by atoms with Gasteiger partial charge in [-0.3, -0.25) is 0 Å². The summed E-state index contributed by atoms with van der Waals surface area (Å²) in [5.41, 5.74) is 15.2. The van der Waals surface area contributed by atoms with Crippen molar-refractivity contribution in [3.63, 3.8) is 0 Å². The van der Waals surface area contributed by atoms with Crippen molar-refractivity contribution in [2.45, 2.75) is 0 Å². The van der Waals surface area contributed by atoms with E-state index < -0.39 is 0 Å². The molecule has 0 fully saturated rings. The maximum Gasteiger partial charge on any atom is 0.222 e. The second-order valence-corrected chi connectivity index (χ2v) is 7.91. The number of hydrogen-bond acceptors (Lipinski definition) is 7. The lowest BCUT2D eigenvalue weighted by atomic mass is 10.0. The van der Waals surface area contributed by atoms with Crippen LogP contribution in [0.2, 0.25) is 0 Å². The molecule has 1 aromatic carbocycles.